The van der Waals surface area contributed by atoms with Crippen LogP contribution in [0.1, 0.15) is 85.7 Å². The highest BCUT2D eigenvalue weighted by molar-refractivity contribution is 5.90. The van der Waals surface area contributed by atoms with Crippen LogP contribution in [0.4, 0.5) is 11.4 Å². The van der Waals surface area contributed by atoms with Crippen molar-refractivity contribution in [1.29, 1.82) is 0 Å². The maximum absolute atomic E-state index is 12.5. The molecular formula is C31H40N2O4. The summed E-state index contributed by atoms with van der Waals surface area (Å²) >= 11 is 0. The largest absolute Gasteiger partial charge is 0.462 e. The molecule has 0 spiro atoms. The quantitative estimate of drug-likeness (QED) is 0.145. The number of unbranched alkanes of at least 4 members (excludes halogenated alkanes) is 1. The first kappa shape index (κ1) is 28.0. The Labute approximate surface area is 220 Å². The first-order valence-corrected chi connectivity index (χ1v) is 13.3. The average molecular weight is 505 g/mol. The van der Waals surface area contributed by atoms with Gasteiger partial charge in [0.25, 0.3) is 0 Å². The Bertz CT molecular complexity index is 1050. The Kier molecular flexibility index (Phi) is 10.8. The second-order valence-electron chi connectivity index (χ2n) is 9.93. The van der Waals surface area contributed by atoms with Gasteiger partial charge in [-0.1, -0.05) is 38.0 Å². The van der Waals surface area contributed by atoms with Crippen molar-refractivity contribution in [1.82, 2.24) is 0 Å². The van der Waals surface area contributed by atoms with Gasteiger partial charge in [-0.15, -0.1) is 6.58 Å². The molecule has 3 rings (SSSR count). The molecule has 198 valence electrons. The monoisotopic (exact) mass is 504 g/mol. The molecule has 2 aromatic carbocycles. The van der Waals surface area contributed by atoms with Gasteiger partial charge in [0.05, 0.1) is 12.2 Å². The van der Waals surface area contributed by atoms with E-state index >= 15 is 0 Å². The van der Waals surface area contributed by atoms with Gasteiger partial charge in [-0.3, -0.25) is 0 Å². The van der Waals surface area contributed by atoms with Crippen molar-refractivity contribution in [2.75, 3.05) is 18.1 Å². The van der Waals surface area contributed by atoms with E-state index in [1.54, 1.807) is 36.4 Å². The minimum Gasteiger partial charge on any atom is -0.462 e. The van der Waals surface area contributed by atoms with Crippen LogP contribution in [0.2, 0.25) is 0 Å². The molecule has 0 aromatic heterocycles. The zero-order valence-corrected chi connectivity index (χ0v) is 21.9. The van der Waals surface area contributed by atoms with Crippen LogP contribution in [0.15, 0.2) is 61.2 Å². The molecule has 0 radical (unpaired) electrons. The van der Waals surface area contributed by atoms with Crippen molar-refractivity contribution in [2.45, 2.75) is 70.3 Å². The number of allylic oxidation sites excluding steroid dienone is 1. The number of esters is 2. The molecule has 6 nitrogen and oxygen atoms in total. The Morgan fingerprint density at radius 3 is 2.35 bits per heavy atom. The van der Waals surface area contributed by atoms with Gasteiger partial charge < -0.3 is 20.9 Å². The smallest absolute Gasteiger partial charge is 0.338 e. The minimum absolute atomic E-state index is 0.0205. The molecular weight excluding hydrogens is 464 g/mol. The molecule has 0 bridgehead atoms. The second kappa shape index (κ2) is 14.3. The number of carbonyl (C=O) groups is 2. The third-order valence-corrected chi connectivity index (χ3v) is 6.93. The molecule has 1 unspecified atom stereocenters. The zero-order valence-electron chi connectivity index (χ0n) is 21.9. The first-order chi connectivity index (χ1) is 17.9. The van der Waals surface area contributed by atoms with Gasteiger partial charge in [0.15, 0.2) is 0 Å². The molecule has 1 fully saturated rings. The van der Waals surface area contributed by atoms with Crippen molar-refractivity contribution in [3.63, 3.8) is 0 Å². The topological polar surface area (TPSA) is 105 Å². The van der Waals surface area contributed by atoms with Crippen LogP contribution in [-0.2, 0) is 14.3 Å². The number of ether oxygens (including phenoxy) is 2. The van der Waals surface area contributed by atoms with E-state index in [-0.39, 0.29) is 24.6 Å². The maximum atomic E-state index is 12.5. The molecule has 0 heterocycles. The lowest BCUT2D eigenvalue weighted by Gasteiger charge is -2.27. The summed E-state index contributed by atoms with van der Waals surface area (Å²) in [6, 6.07) is 12.5. The molecule has 1 aliphatic rings. The molecule has 2 aromatic rings. The van der Waals surface area contributed by atoms with Crippen LogP contribution in [-0.4, -0.2) is 24.6 Å². The normalized spacial score (nSPS) is 18.3. The molecule has 0 saturated heterocycles. The number of rotatable bonds is 12. The number of carbonyl (C=O) groups excluding carboxylic acids is 2. The van der Waals surface area contributed by atoms with Gasteiger partial charge in [-0.2, -0.15) is 0 Å². The third kappa shape index (κ3) is 9.12. The van der Waals surface area contributed by atoms with E-state index in [0.717, 1.165) is 62.5 Å². The summed E-state index contributed by atoms with van der Waals surface area (Å²) in [6.07, 6.45) is 12.9. The lowest BCUT2D eigenvalue weighted by Crippen LogP contribution is -2.24. The predicted molar refractivity (Wildman–Crippen MR) is 150 cm³/mol. The Hall–Kier alpha value is -3.54. The number of benzene rings is 2. The Morgan fingerprint density at radius 2 is 1.73 bits per heavy atom. The van der Waals surface area contributed by atoms with Gasteiger partial charge in [-0.05, 0) is 92.0 Å². The van der Waals surface area contributed by atoms with Crippen molar-refractivity contribution < 1.29 is 19.1 Å². The van der Waals surface area contributed by atoms with Crippen molar-refractivity contribution in [2.24, 2.45) is 5.92 Å². The lowest BCUT2D eigenvalue weighted by molar-refractivity contribution is -0.138. The van der Waals surface area contributed by atoms with Crippen LogP contribution in [0.25, 0.3) is 6.08 Å². The minimum atomic E-state index is -0.422. The van der Waals surface area contributed by atoms with Gasteiger partial charge in [-0.25, -0.2) is 9.59 Å². The lowest BCUT2D eigenvalue weighted by atomic mass is 9.85. The summed E-state index contributed by atoms with van der Waals surface area (Å²) in [5.74, 6) is -0.0369. The molecule has 37 heavy (non-hydrogen) atoms. The average Bonchev–Trinajstić information content (AvgIpc) is 2.88. The summed E-state index contributed by atoms with van der Waals surface area (Å²) in [5.41, 5.74) is 15.4. The van der Waals surface area contributed by atoms with E-state index in [4.69, 9.17) is 20.9 Å². The van der Waals surface area contributed by atoms with Crippen LogP contribution < -0.4 is 11.5 Å². The fraction of sp³-hybridized carbons (Fsp3) is 0.419. The summed E-state index contributed by atoms with van der Waals surface area (Å²) in [6.45, 7) is 6.19. The van der Waals surface area contributed by atoms with Crippen LogP contribution in [0.3, 0.4) is 0 Å². The SMILES string of the molecule is C=CCC1CCC(OC(=O)c2ccc(/C=C/C(=O)OCC(CCCC)c3cc(N)cc(N)c3)cc2)CC1. The summed E-state index contributed by atoms with van der Waals surface area (Å²) < 4.78 is 11.2. The summed E-state index contributed by atoms with van der Waals surface area (Å²) in [4.78, 5) is 24.9. The van der Waals surface area contributed by atoms with Gasteiger partial charge in [0, 0.05) is 23.4 Å². The highest BCUT2D eigenvalue weighted by atomic mass is 16.5. The van der Waals surface area contributed by atoms with E-state index in [0.29, 0.717) is 22.9 Å². The molecule has 1 aliphatic carbocycles. The number of anilines is 2. The summed E-state index contributed by atoms with van der Waals surface area (Å²) in [7, 11) is 0. The van der Waals surface area contributed by atoms with Gasteiger partial charge >= 0.3 is 11.9 Å². The van der Waals surface area contributed by atoms with E-state index < -0.39 is 5.97 Å². The second-order valence-corrected chi connectivity index (χ2v) is 9.93. The number of nitrogens with two attached hydrogens (primary N) is 2. The maximum Gasteiger partial charge on any atom is 0.338 e. The van der Waals surface area contributed by atoms with Crippen molar-refractivity contribution in [3.05, 3.63) is 77.9 Å². The number of nitrogen functional groups attached to an aromatic ring is 2. The fourth-order valence-corrected chi connectivity index (χ4v) is 4.80. The fourth-order valence-electron chi connectivity index (χ4n) is 4.80. The van der Waals surface area contributed by atoms with E-state index in [9.17, 15) is 9.59 Å². The number of hydrogen-bond acceptors (Lipinski definition) is 6. The number of hydrogen-bond donors (Lipinski definition) is 2. The highest BCUT2D eigenvalue weighted by Crippen LogP contribution is 2.29. The van der Waals surface area contributed by atoms with Crippen molar-refractivity contribution in [3.8, 4) is 0 Å². The zero-order chi connectivity index (χ0) is 26.6. The van der Waals surface area contributed by atoms with Gasteiger partial charge in [0.2, 0.25) is 0 Å². The standard InChI is InChI=1S/C31H40N2O4/c1-3-5-7-25(26-18-27(32)20-28(33)19-26)21-36-30(34)17-12-23-8-13-24(14-9-23)31(35)37-29-15-10-22(6-4-2)11-16-29/h4,8-9,12-14,17-20,22,25,29H,2-3,5-7,10-11,15-16,21,32-33H2,1H3/b17-12+. The Balaban J connectivity index is 1.49. The molecule has 1 atom stereocenters. The van der Waals surface area contributed by atoms with E-state index in [1.807, 2.05) is 18.2 Å². The Morgan fingerprint density at radius 1 is 1.05 bits per heavy atom. The van der Waals surface area contributed by atoms with Crippen LogP contribution >= 0.6 is 0 Å². The molecule has 0 aliphatic heterocycles. The predicted octanol–water partition coefficient (Wildman–Crippen LogP) is 6.67. The third-order valence-electron chi connectivity index (χ3n) is 6.93. The van der Waals surface area contributed by atoms with Crippen LogP contribution in [0, 0.1) is 5.92 Å². The molecule has 6 heteroatoms. The first-order valence-electron chi connectivity index (χ1n) is 13.3. The molecule has 1 saturated carbocycles. The van der Waals surface area contributed by atoms with Crippen molar-refractivity contribution >= 4 is 29.4 Å². The van der Waals surface area contributed by atoms with E-state index in [2.05, 4.69) is 13.5 Å². The van der Waals surface area contributed by atoms with E-state index in [1.165, 1.54) is 6.08 Å². The molecule has 4 N–H and O–H groups in total. The van der Waals surface area contributed by atoms with Gasteiger partial charge in [0.1, 0.15) is 6.10 Å². The molecule has 0 amide bonds. The summed E-state index contributed by atoms with van der Waals surface area (Å²) in [5, 5.41) is 0. The van der Waals surface area contributed by atoms with Crippen LogP contribution in [0.5, 0.6) is 0 Å². The highest BCUT2D eigenvalue weighted by Gasteiger charge is 2.23.